The van der Waals surface area contributed by atoms with E-state index in [1.807, 2.05) is 42.5 Å². The van der Waals surface area contributed by atoms with E-state index >= 15 is 0 Å². The molecule has 0 N–H and O–H groups in total. The first-order valence-corrected chi connectivity index (χ1v) is 13.7. The van der Waals surface area contributed by atoms with Gasteiger partial charge in [-0.25, -0.2) is 4.98 Å². The maximum Gasteiger partial charge on any atom is 0.292 e. The van der Waals surface area contributed by atoms with Gasteiger partial charge in [0.25, 0.3) is 5.91 Å². The van der Waals surface area contributed by atoms with Crippen molar-refractivity contribution in [1.82, 2.24) is 4.98 Å². The van der Waals surface area contributed by atoms with E-state index in [0.29, 0.717) is 37.8 Å². The highest BCUT2D eigenvalue weighted by atomic mass is 79.9. The number of thiazole rings is 1. The third-order valence-corrected chi connectivity index (χ3v) is 8.60. The summed E-state index contributed by atoms with van der Waals surface area (Å²) in [5.74, 6) is 1.02. The maximum absolute atomic E-state index is 13.9. The fourth-order valence-electron chi connectivity index (χ4n) is 3.71. The van der Waals surface area contributed by atoms with E-state index in [4.69, 9.17) is 25.8 Å². The molecule has 5 rings (SSSR count). The van der Waals surface area contributed by atoms with E-state index < -0.39 is 0 Å². The second-order valence-electron chi connectivity index (χ2n) is 7.67. The highest BCUT2D eigenvalue weighted by Crippen LogP contribution is 2.40. The van der Waals surface area contributed by atoms with Crippen molar-refractivity contribution in [3.05, 3.63) is 74.5 Å². The Bertz CT molecular complexity index is 1640. The Morgan fingerprint density at radius 1 is 1.00 bits per heavy atom. The average Bonchev–Trinajstić information content (AvgIpc) is 3.48. The number of halogens is 2. The van der Waals surface area contributed by atoms with Crippen molar-refractivity contribution in [2.45, 2.75) is 0 Å². The molecule has 0 radical (unpaired) electrons. The number of hydrogen-bond acceptors (Lipinski definition) is 8. The molecule has 0 aliphatic carbocycles. The fourth-order valence-corrected chi connectivity index (χ4v) is 6.62. The van der Waals surface area contributed by atoms with Crippen LogP contribution in [0, 0.1) is 0 Å². The number of hydrogen-bond donors (Lipinski definition) is 0. The van der Waals surface area contributed by atoms with Crippen molar-refractivity contribution >= 4 is 87.8 Å². The molecular weight excluding hydrogens is 598 g/mol. The number of carbonyl (C=O) groups excluding carboxylic acids is 1. The highest BCUT2D eigenvalue weighted by Gasteiger charge is 2.26. The Morgan fingerprint density at radius 2 is 1.73 bits per heavy atom. The van der Waals surface area contributed by atoms with Gasteiger partial charge in [0.15, 0.2) is 11.5 Å². The zero-order valence-electron chi connectivity index (χ0n) is 19.8. The predicted octanol–water partition coefficient (Wildman–Crippen LogP) is 7.63. The van der Waals surface area contributed by atoms with Crippen LogP contribution < -0.4 is 19.2 Å². The topological polar surface area (TPSA) is 73.2 Å². The Balaban J connectivity index is 1.62. The normalized spacial score (nSPS) is 11.4. The Hall–Kier alpha value is -3.18. The lowest BCUT2D eigenvalue weighted by atomic mass is 10.2. The third kappa shape index (κ3) is 4.89. The van der Waals surface area contributed by atoms with E-state index in [2.05, 4.69) is 26.0 Å². The lowest BCUT2D eigenvalue weighted by molar-refractivity contribution is 0.0992. The standard InChI is InChI=1S/C26H19BrClN3O4S2/c1-33-18-10-14(11-19(34-2)23(18)35-3)13-29-31(26-30-17-9-8-15(27)12-21(17)37-26)25(32)24-22(28)16-6-4-5-7-20(16)36-24/h4-13H,1-3H3/b29-13+. The molecule has 37 heavy (non-hydrogen) atoms. The van der Waals surface area contributed by atoms with Crippen molar-refractivity contribution in [2.75, 3.05) is 26.3 Å². The monoisotopic (exact) mass is 615 g/mol. The first-order chi connectivity index (χ1) is 17.9. The first-order valence-electron chi connectivity index (χ1n) is 10.8. The van der Waals surface area contributed by atoms with Gasteiger partial charge in [0.1, 0.15) is 4.88 Å². The number of rotatable bonds is 7. The summed E-state index contributed by atoms with van der Waals surface area (Å²) < 4.78 is 19.0. The fraction of sp³-hybridized carbons (Fsp3) is 0.115. The molecule has 0 aliphatic rings. The SMILES string of the molecule is COc1cc(/C=N/N(C(=O)c2sc3ccccc3c2Cl)c2nc3ccc(Br)cc3s2)cc(OC)c1OC. The second-order valence-corrected chi connectivity index (χ2v) is 11.0. The van der Waals surface area contributed by atoms with Crippen LogP contribution in [0.1, 0.15) is 15.2 Å². The summed E-state index contributed by atoms with van der Waals surface area (Å²) in [4.78, 5) is 18.9. The van der Waals surface area contributed by atoms with Gasteiger partial charge in [-0.3, -0.25) is 4.79 Å². The quantitative estimate of drug-likeness (QED) is 0.139. The van der Waals surface area contributed by atoms with Gasteiger partial charge in [0, 0.05) is 20.1 Å². The highest BCUT2D eigenvalue weighted by molar-refractivity contribution is 9.10. The Morgan fingerprint density at radius 3 is 2.41 bits per heavy atom. The van der Waals surface area contributed by atoms with E-state index in [0.717, 1.165) is 24.8 Å². The number of carbonyl (C=O) groups is 1. The summed E-state index contributed by atoms with van der Waals surface area (Å²) in [5, 5.41) is 7.47. The van der Waals surface area contributed by atoms with Crippen LogP contribution in [0.3, 0.4) is 0 Å². The summed E-state index contributed by atoms with van der Waals surface area (Å²) in [7, 11) is 4.61. The first kappa shape index (κ1) is 25.5. The smallest absolute Gasteiger partial charge is 0.292 e. The molecule has 0 bridgehead atoms. The van der Waals surface area contributed by atoms with Gasteiger partial charge in [-0.15, -0.1) is 11.3 Å². The van der Waals surface area contributed by atoms with Crippen LogP contribution in [-0.4, -0.2) is 38.4 Å². The number of benzene rings is 3. The van der Waals surface area contributed by atoms with Crippen LogP contribution in [0.15, 0.2) is 64.2 Å². The molecule has 0 fully saturated rings. The van der Waals surface area contributed by atoms with Crippen LogP contribution >= 0.6 is 50.2 Å². The van der Waals surface area contributed by atoms with Gasteiger partial charge in [-0.1, -0.05) is 57.1 Å². The molecular formula is C26H19BrClN3O4S2. The summed E-state index contributed by atoms with van der Waals surface area (Å²) in [6, 6.07) is 16.9. The third-order valence-electron chi connectivity index (χ3n) is 5.45. The number of amides is 1. The molecule has 0 unspecified atom stereocenters. The molecule has 0 spiro atoms. The zero-order valence-corrected chi connectivity index (χ0v) is 23.8. The number of methoxy groups -OCH3 is 3. The lowest BCUT2D eigenvalue weighted by Crippen LogP contribution is -2.25. The number of nitrogens with zero attached hydrogens (tertiary/aromatic N) is 3. The largest absolute Gasteiger partial charge is 0.493 e. The minimum Gasteiger partial charge on any atom is -0.493 e. The average molecular weight is 617 g/mol. The molecule has 2 aromatic heterocycles. The number of fused-ring (bicyclic) bond motifs is 2. The summed E-state index contributed by atoms with van der Waals surface area (Å²) in [6.07, 6.45) is 1.55. The van der Waals surface area contributed by atoms with E-state index in [-0.39, 0.29) is 5.91 Å². The Labute approximate surface area is 234 Å². The molecule has 7 nitrogen and oxygen atoms in total. The van der Waals surface area contributed by atoms with Gasteiger partial charge < -0.3 is 14.2 Å². The number of thiophene rings is 1. The van der Waals surface area contributed by atoms with Crippen molar-refractivity contribution in [3.63, 3.8) is 0 Å². The molecule has 2 heterocycles. The molecule has 1 amide bonds. The lowest BCUT2D eigenvalue weighted by Gasteiger charge is -2.14. The van der Waals surface area contributed by atoms with Gasteiger partial charge in [-0.05, 0) is 36.4 Å². The molecule has 5 aromatic rings. The zero-order chi connectivity index (χ0) is 26.1. The summed E-state index contributed by atoms with van der Waals surface area (Å²) >= 11 is 12.8. The van der Waals surface area contributed by atoms with Gasteiger partial charge in [0.2, 0.25) is 10.9 Å². The van der Waals surface area contributed by atoms with Crippen LogP contribution in [0.25, 0.3) is 20.3 Å². The number of ether oxygens (including phenoxy) is 3. The molecule has 0 atom stereocenters. The van der Waals surface area contributed by atoms with Gasteiger partial charge in [-0.2, -0.15) is 10.1 Å². The number of anilines is 1. The maximum atomic E-state index is 13.9. The van der Waals surface area contributed by atoms with Crippen molar-refractivity contribution in [2.24, 2.45) is 5.10 Å². The number of aromatic nitrogens is 1. The molecule has 188 valence electrons. The Kier molecular flexibility index (Phi) is 7.34. The van der Waals surface area contributed by atoms with Crippen LogP contribution in [0.5, 0.6) is 17.2 Å². The molecule has 0 aliphatic heterocycles. The minimum absolute atomic E-state index is 0.380. The summed E-state index contributed by atoms with van der Waals surface area (Å²) in [5.41, 5.74) is 1.39. The van der Waals surface area contributed by atoms with E-state index in [9.17, 15) is 4.79 Å². The van der Waals surface area contributed by atoms with Crippen molar-refractivity contribution in [3.8, 4) is 17.2 Å². The molecule has 11 heteroatoms. The second kappa shape index (κ2) is 10.7. The van der Waals surface area contributed by atoms with Gasteiger partial charge in [0.05, 0.1) is 42.8 Å². The van der Waals surface area contributed by atoms with Crippen LogP contribution in [-0.2, 0) is 0 Å². The molecule has 0 saturated carbocycles. The summed E-state index contributed by atoms with van der Waals surface area (Å²) in [6.45, 7) is 0. The predicted molar refractivity (Wildman–Crippen MR) is 155 cm³/mol. The van der Waals surface area contributed by atoms with Crippen LogP contribution in [0.4, 0.5) is 5.13 Å². The van der Waals surface area contributed by atoms with Gasteiger partial charge >= 0.3 is 0 Å². The molecule has 0 saturated heterocycles. The number of hydrazone groups is 1. The van der Waals surface area contributed by atoms with Crippen molar-refractivity contribution in [1.29, 1.82) is 0 Å². The molecule has 3 aromatic carbocycles. The minimum atomic E-state index is -0.381. The van der Waals surface area contributed by atoms with Crippen molar-refractivity contribution < 1.29 is 19.0 Å². The van der Waals surface area contributed by atoms with E-state index in [1.54, 1.807) is 18.3 Å². The van der Waals surface area contributed by atoms with Crippen LogP contribution in [0.2, 0.25) is 5.02 Å². The van der Waals surface area contributed by atoms with E-state index in [1.165, 1.54) is 49.0 Å².